The molecule has 0 aliphatic carbocycles. The molecular weight excluding hydrogens is 396 g/mol. The first-order chi connectivity index (χ1) is 14.8. The highest BCUT2D eigenvalue weighted by atomic mass is 16.6. The van der Waals surface area contributed by atoms with Gasteiger partial charge in [0.05, 0.1) is 12.2 Å². The van der Waals surface area contributed by atoms with Crippen LogP contribution in [0.1, 0.15) is 52.9 Å². The number of carbonyl (C=O) groups is 1. The van der Waals surface area contributed by atoms with Crippen molar-refractivity contribution in [2.24, 2.45) is 11.8 Å². The van der Waals surface area contributed by atoms with Gasteiger partial charge in [-0.1, -0.05) is 62.5 Å². The van der Waals surface area contributed by atoms with Gasteiger partial charge in [0.15, 0.2) is 0 Å². The summed E-state index contributed by atoms with van der Waals surface area (Å²) in [6.07, 6.45) is 13.4. The molecule has 0 unspecified atom stereocenters. The molecule has 0 saturated carbocycles. The minimum Gasteiger partial charge on any atom is -0.459 e. The molecule has 31 heavy (non-hydrogen) atoms. The van der Waals surface area contributed by atoms with Gasteiger partial charge < -0.3 is 24.8 Å². The summed E-state index contributed by atoms with van der Waals surface area (Å²) in [6.45, 7) is 5.94. The maximum absolute atomic E-state index is 12.5. The summed E-state index contributed by atoms with van der Waals surface area (Å²) in [5.74, 6) is -0.179. The van der Waals surface area contributed by atoms with Gasteiger partial charge >= 0.3 is 5.97 Å². The molecule has 174 valence electrons. The Morgan fingerprint density at radius 1 is 1.19 bits per heavy atom. The predicted molar refractivity (Wildman–Crippen MR) is 120 cm³/mol. The van der Waals surface area contributed by atoms with Crippen LogP contribution in [0, 0.1) is 11.8 Å². The number of allylic oxidation sites excluding steroid dienone is 5. The second-order valence-corrected chi connectivity index (χ2v) is 8.76. The largest absolute Gasteiger partial charge is 0.459 e. The third kappa shape index (κ3) is 9.52. The summed E-state index contributed by atoms with van der Waals surface area (Å²) in [5, 5.41) is 30.9. The maximum atomic E-state index is 12.5. The van der Waals surface area contributed by atoms with Gasteiger partial charge in [0.1, 0.15) is 24.4 Å². The molecule has 0 aromatic carbocycles. The third-order valence-corrected chi connectivity index (χ3v) is 5.62. The van der Waals surface area contributed by atoms with E-state index in [-0.39, 0.29) is 36.4 Å². The van der Waals surface area contributed by atoms with Crippen LogP contribution in [0.25, 0.3) is 0 Å². The highest BCUT2D eigenvalue weighted by Crippen LogP contribution is 2.31. The van der Waals surface area contributed by atoms with E-state index in [0.717, 1.165) is 6.42 Å². The van der Waals surface area contributed by atoms with E-state index < -0.39 is 24.4 Å². The van der Waals surface area contributed by atoms with Gasteiger partial charge in [-0.3, -0.25) is 4.79 Å². The molecule has 0 radical (unpaired) electrons. The maximum Gasteiger partial charge on any atom is 0.306 e. The van der Waals surface area contributed by atoms with Gasteiger partial charge in [0, 0.05) is 12.8 Å². The topological polar surface area (TPSA) is 99.5 Å². The minimum atomic E-state index is -1.02. The second-order valence-electron chi connectivity index (χ2n) is 8.76. The van der Waals surface area contributed by atoms with Crippen molar-refractivity contribution >= 4 is 5.97 Å². The van der Waals surface area contributed by atoms with Gasteiger partial charge in [0.2, 0.25) is 0 Å². The Kier molecular flexibility index (Phi) is 10.7. The molecule has 6 heteroatoms. The highest BCUT2D eigenvalue weighted by molar-refractivity contribution is 5.69. The Labute approximate surface area is 185 Å². The Balaban J connectivity index is 2.04. The van der Waals surface area contributed by atoms with Crippen molar-refractivity contribution in [1.29, 1.82) is 0 Å². The molecule has 0 bridgehead atoms. The minimum absolute atomic E-state index is 0.0185. The highest BCUT2D eigenvalue weighted by Gasteiger charge is 2.41. The van der Waals surface area contributed by atoms with Crippen LogP contribution in [0.4, 0.5) is 0 Å². The fourth-order valence-corrected chi connectivity index (χ4v) is 3.65. The lowest BCUT2D eigenvalue weighted by Gasteiger charge is -2.25. The molecule has 0 spiro atoms. The molecular formula is C25H38O6. The van der Waals surface area contributed by atoms with E-state index in [1.165, 1.54) is 6.08 Å². The average molecular weight is 435 g/mol. The number of aliphatic hydroxyl groups excluding tert-OH is 3. The lowest BCUT2D eigenvalue weighted by atomic mass is 9.96. The summed E-state index contributed by atoms with van der Waals surface area (Å²) in [4.78, 5) is 12.5. The Morgan fingerprint density at radius 2 is 1.94 bits per heavy atom. The lowest BCUT2D eigenvalue weighted by Crippen LogP contribution is -2.34. The average Bonchev–Trinajstić information content (AvgIpc) is 3.45. The van der Waals surface area contributed by atoms with E-state index in [1.807, 2.05) is 26.8 Å². The standard InChI is InChI=1S/C25H38O6/c1-4-5-6-7-9-17(2)14-21(28)23-16-24-22(30-24)13-12-20(27)19(26)11-8-10-18(3)15-25(29)31-23/h4-5,7-9,11-13,17-24,26-28H,6,10,14-16H2,1-3H3/t17-,18-,19-,20+,21-,22-,23+,24-/m0/s1. The van der Waals surface area contributed by atoms with Crippen LogP contribution in [-0.4, -0.2) is 57.9 Å². The van der Waals surface area contributed by atoms with Crippen molar-refractivity contribution in [3.8, 4) is 0 Å². The van der Waals surface area contributed by atoms with Crippen molar-refractivity contribution < 1.29 is 29.6 Å². The van der Waals surface area contributed by atoms with E-state index >= 15 is 0 Å². The molecule has 0 amide bonds. The number of esters is 1. The lowest BCUT2D eigenvalue weighted by molar-refractivity contribution is -0.157. The van der Waals surface area contributed by atoms with Crippen LogP contribution in [0.5, 0.6) is 0 Å². The summed E-state index contributed by atoms with van der Waals surface area (Å²) in [7, 11) is 0. The number of cyclic esters (lactones) is 1. The molecule has 6 nitrogen and oxygen atoms in total. The second kappa shape index (κ2) is 13.0. The Morgan fingerprint density at radius 3 is 2.68 bits per heavy atom. The molecule has 2 heterocycles. The first-order valence-electron chi connectivity index (χ1n) is 11.3. The molecule has 0 aromatic heterocycles. The molecule has 8 atom stereocenters. The number of ether oxygens (including phenoxy) is 2. The van der Waals surface area contributed by atoms with Crippen molar-refractivity contribution in [3.05, 3.63) is 48.6 Å². The fourth-order valence-electron chi connectivity index (χ4n) is 3.65. The molecule has 3 N–H and O–H groups in total. The summed E-state index contributed by atoms with van der Waals surface area (Å²) in [6, 6.07) is 0. The zero-order valence-corrected chi connectivity index (χ0v) is 18.8. The van der Waals surface area contributed by atoms with Crippen LogP contribution in [-0.2, 0) is 14.3 Å². The normalized spacial score (nSPS) is 34.7. The van der Waals surface area contributed by atoms with Crippen LogP contribution in [0.2, 0.25) is 0 Å². The SMILES string of the molecule is CC=CCC=C[C@H](C)C[C@H](O)[C@H]1C[C@@H]2O[C@H]2C=C[C@@H](O)[C@@H](O)C=CC[C@H](C)CC(=O)O1. The van der Waals surface area contributed by atoms with Crippen LogP contribution < -0.4 is 0 Å². The van der Waals surface area contributed by atoms with Gasteiger partial charge in [0.25, 0.3) is 0 Å². The summed E-state index contributed by atoms with van der Waals surface area (Å²) < 4.78 is 11.3. The first kappa shape index (κ1) is 25.5. The predicted octanol–water partition coefficient (Wildman–Crippen LogP) is 3.23. The van der Waals surface area contributed by atoms with Crippen LogP contribution in [0.3, 0.4) is 0 Å². The number of hydrogen-bond acceptors (Lipinski definition) is 6. The van der Waals surface area contributed by atoms with E-state index in [1.54, 1.807) is 18.2 Å². The van der Waals surface area contributed by atoms with Crippen molar-refractivity contribution in [1.82, 2.24) is 0 Å². The van der Waals surface area contributed by atoms with Crippen LogP contribution >= 0.6 is 0 Å². The van der Waals surface area contributed by atoms with E-state index in [0.29, 0.717) is 19.3 Å². The third-order valence-electron chi connectivity index (χ3n) is 5.62. The number of carbonyl (C=O) groups excluding carboxylic acids is 1. The Hall–Kier alpha value is -1.73. The Bertz CT molecular complexity index is 667. The molecule has 2 rings (SSSR count). The van der Waals surface area contributed by atoms with Crippen molar-refractivity contribution in [3.63, 3.8) is 0 Å². The summed E-state index contributed by atoms with van der Waals surface area (Å²) >= 11 is 0. The zero-order valence-electron chi connectivity index (χ0n) is 18.8. The van der Waals surface area contributed by atoms with Gasteiger partial charge in [-0.05, 0) is 38.0 Å². The van der Waals surface area contributed by atoms with Crippen molar-refractivity contribution in [2.75, 3.05) is 0 Å². The number of hydrogen-bond donors (Lipinski definition) is 3. The van der Waals surface area contributed by atoms with Crippen molar-refractivity contribution in [2.45, 2.75) is 89.5 Å². The molecule has 0 aromatic rings. The molecule has 1 saturated heterocycles. The monoisotopic (exact) mass is 434 g/mol. The molecule has 2 aliphatic rings. The number of fused-ring (bicyclic) bond motifs is 1. The van der Waals surface area contributed by atoms with Gasteiger partial charge in [-0.15, -0.1) is 0 Å². The van der Waals surface area contributed by atoms with Gasteiger partial charge in [-0.25, -0.2) is 0 Å². The molecule has 2 aliphatic heterocycles. The van der Waals surface area contributed by atoms with Gasteiger partial charge in [-0.2, -0.15) is 0 Å². The zero-order chi connectivity index (χ0) is 22.8. The van der Waals surface area contributed by atoms with E-state index in [4.69, 9.17) is 9.47 Å². The fraction of sp³-hybridized carbons (Fsp3) is 0.640. The van der Waals surface area contributed by atoms with E-state index in [2.05, 4.69) is 18.2 Å². The molecule has 1 fully saturated rings. The number of rotatable bonds is 6. The quantitative estimate of drug-likeness (QED) is 0.337. The number of aliphatic hydroxyl groups is 3. The van der Waals surface area contributed by atoms with E-state index in [9.17, 15) is 20.1 Å². The smallest absolute Gasteiger partial charge is 0.306 e. The number of epoxide rings is 1. The first-order valence-corrected chi connectivity index (χ1v) is 11.3. The summed E-state index contributed by atoms with van der Waals surface area (Å²) in [5.41, 5.74) is 0. The van der Waals surface area contributed by atoms with Crippen LogP contribution in [0.15, 0.2) is 48.6 Å².